The molecular formula is C21H25N4O6S+. The van der Waals surface area contributed by atoms with E-state index in [0.717, 1.165) is 17.7 Å². The van der Waals surface area contributed by atoms with Crippen molar-refractivity contribution in [3.05, 3.63) is 41.3 Å². The van der Waals surface area contributed by atoms with Crippen LogP contribution in [0.5, 0.6) is 0 Å². The Morgan fingerprint density at radius 1 is 1.31 bits per heavy atom. The van der Waals surface area contributed by atoms with Gasteiger partial charge in [0, 0.05) is 17.5 Å². The van der Waals surface area contributed by atoms with Gasteiger partial charge in [0.15, 0.2) is 12.3 Å². The molecule has 0 radical (unpaired) electrons. The van der Waals surface area contributed by atoms with E-state index in [1.165, 1.54) is 16.7 Å². The molecule has 0 spiro atoms. The molecule has 3 amide bonds. The lowest BCUT2D eigenvalue weighted by Gasteiger charge is -2.30. The second-order valence-corrected chi connectivity index (χ2v) is 11.0. The maximum Gasteiger partial charge on any atom is 0.501 e. The molecule has 1 aromatic heterocycles. The second kappa shape index (κ2) is 7.46. The Bertz CT molecular complexity index is 1190. The third kappa shape index (κ3) is 3.84. The largest absolute Gasteiger partial charge is 0.501 e. The molecule has 1 saturated carbocycles. The highest BCUT2D eigenvalue weighted by atomic mass is 32.2. The number of nitrogens with one attached hydrogen (secondary N) is 1. The predicted octanol–water partition coefficient (Wildman–Crippen LogP) is 0.882. The summed E-state index contributed by atoms with van der Waals surface area (Å²) < 4.78 is 40.5. The summed E-state index contributed by atoms with van der Waals surface area (Å²) in [7, 11) is -3.72. The molecule has 4 aliphatic rings. The minimum Gasteiger partial charge on any atom is -0.380 e. The average molecular weight is 462 g/mol. The van der Waals surface area contributed by atoms with Crippen LogP contribution >= 0.6 is 0 Å². The first-order valence-electron chi connectivity index (χ1n) is 10.6. The van der Waals surface area contributed by atoms with E-state index in [1.807, 2.05) is 6.92 Å². The number of aryl methyl sites for hydroxylation is 1. The molecule has 1 aromatic rings. The molecule has 10 nitrogen and oxygen atoms in total. The van der Waals surface area contributed by atoms with E-state index in [9.17, 15) is 18.0 Å². The number of carbonyl (C=O) groups is 2. The zero-order valence-electron chi connectivity index (χ0n) is 17.9. The second-order valence-electron chi connectivity index (χ2n) is 9.12. The molecule has 11 heteroatoms. The minimum atomic E-state index is -3.72. The van der Waals surface area contributed by atoms with Crippen molar-refractivity contribution < 1.29 is 31.8 Å². The van der Waals surface area contributed by atoms with Crippen molar-refractivity contribution in [1.82, 2.24) is 14.8 Å². The van der Waals surface area contributed by atoms with Crippen LogP contribution in [0.1, 0.15) is 31.2 Å². The summed E-state index contributed by atoms with van der Waals surface area (Å²) in [4.78, 5) is 27.7. The highest BCUT2D eigenvalue weighted by molar-refractivity contribution is 7.90. The van der Waals surface area contributed by atoms with E-state index in [-0.39, 0.29) is 18.0 Å². The van der Waals surface area contributed by atoms with Gasteiger partial charge in [-0.05, 0) is 38.8 Å². The fourth-order valence-electron chi connectivity index (χ4n) is 3.98. The van der Waals surface area contributed by atoms with E-state index >= 15 is 0 Å². The molecule has 0 aromatic carbocycles. The first kappa shape index (κ1) is 21.2. The first-order valence-corrected chi connectivity index (χ1v) is 12.1. The maximum atomic E-state index is 13.3. The van der Waals surface area contributed by atoms with Crippen LogP contribution in [-0.2, 0) is 26.1 Å². The Kier molecular flexibility index (Phi) is 4.95. The molecule has 5 rings (SSSR count). The zero-order chi connectivity index (χ0) is 22.7. The molecule has 1 unspecified atom stereocenters. The normalized spacial score (nSPS) is 25.0. The van der Waals surface area contributed by atoms with Gasteiger partial charge in [-0.1, -0.05) is 11.2 Å². The summed E-state index contributed by atoms with van der Waals surface area (Å²) in [6.07, 6.45) is 6.09. The van der Waals surface area contributed by atoms with Crippen molar-refractivity contribution in [2.24, 2.45) is 5.92 Å². The third-order valence-electron chi connectivity index (χ3n) is 6.16. The van der Waals surface area contributed by atoms with Gasteiger partial charge in [0.05, 0.1) is 18.9 Å². The first-order chi connectivity index (χ1) is 15.2. The quantitative estimate of drug-likeness (QED) is 0.598. The van der Waals surface area contributed by atoms with Gasteiger partial charge in [0.1, 0.15) is 23.1 Å². The summed E-state index contributed by atoms with van der Waals surface area (Å²) >= 11 is 0. The molecule has 170 valence electrons. The number of hydrogen-bond acceptors (Lipinski definition) is 7. The van der Waals surface area contributed by atoms with Crippen molar-refractivity contribution in [3.8, 4) is 0 Å². The van der Waals surface area contributed by atoms with Crippen LogP contribution in [0.2, 0.25) is 0 Å². The summed E-state index contributed by atoms with van der Waals surface area (Å²) in [6.45, 7) is 4.97. The van der Waals surface area contributed by atoms with Crippen LogP contribution in [0, 0.1) is 12.8 Å². The number of hydrogen-bond donors (Lipinski definition) is 1. The number of fused-ring (bicyclic) bond motifs is 1. The van der Waals surface area contributed by atoms with Crippen molar-refractivity contribution in [2.45, 2.75) is 44.0 Å². The van der Waals surface area contributed by atoms with E-state index < -0.39 is 32.8 Å². The Balaban J connectivity index is 1.51. The van der Waals surface area contributed by atoms with Gasteiger partial charge in [-0.15, -0.1) is 4.90 Å². The Labute approximate surface area is 185 Å². The SMILES string of the molecule is Cc1cc(CN2C(=O)C3=CC(S(=O)(=O)NC4(C)CC4)C=CC3=[N+](CC3COC3)C2=O)on1. The Morgan fingerprint density at radius 2 is 2.06 bits per heavy atom. The van der Waals surface area contributed by atoms with Crippen LogP contribution in [0.15, 0.2) is 34.4 Å². The number of allylic oxidation sites excluding steroid dienone is 1. The number of ether oxygens (including phenoxy) is 1. The number of urea groups is 1. The van der Waals surface area contributed by atoms with E-state index in [1.54, 1.807) is 19.1 Å². The number of imide groups is 1. The maximum absolute atomic E-state index is 13.3. The van der Waals surface area contributed by atoms with E-state index in [2.05, 4.69) is 9.88 Å². The number of carbonyl (C=O) groups excluding carboxylic acids is 2. The van der Waals surface area contributed by atoms with Crippen molar-refractivity contribution in [3.63, 3.8) is 0 Å². The Hall–Kier alpha value is -2.63. The van der Waals surface area contributed by atoms with E-state index in [4.69, 9.17) is 9.26 Å². The standard InChI is InChI=1S/C21H25N4O6S/c1-13-7-15(31-22-13)10-25-19(26)17-8-16(32(28,29)23-21(2)5-6-21)3-4-18(17)24(20(25)27)9-14-11-30-12-14/h3-4,7-8,14,16,23H,5-6,9-12H2,1-2H3/q+1. The molecule has 3 heterocycles. The smallest absolute Gasteiger partial charge is 0.380 e. The highest BCUT2D eigenvalue weighted by Crippen LogP contribution is 2.36. The van der Waals surface area contributed by atoms with Crippen molar-refractivity contribution in [1.29, 1.82) is 0 Å². The molecule has 1 saturated heterocycles. The van der Waals surface area contributed by atoms with Gasteiger partial charge in [-0.3, -0.25) is 0 Å². The number of nitrogens with zero attached hydrogens (tertiary/aromatic N) is 3. The predicted molar refractivity (Wildman–Crippen MR) is 112 cm³/mol. The summed E-state index contributed by atoms with van der Waals surface area (Å²) in [5, 5.41) is 2.81. The topological polar surface area (TPSA) is 122 Å². The summed E-state index contributed by atoms with van der Waals surface area (Å²) in [5.74, 6) is -0.0250. The number of amides is 3. The molecule has 2 aliphatic carbocycles. The van der Waals surface area contributed by atoms with Gasteiger partial charge in [-0.2, -0.15) is 9.37 Å². The lowest BCUT2D eigenvalue weighted by molar-refractivity contribution is -0.453. The van der Waals surface area contributed by atoms with Crippen LogP contribution in [0.4, 0.5) is 4.79 Å². The molecule has 2 aliphatic heterocycles. The van der Waals surface area contributed by atoms with Gasteiger partial charge in [0.25, 0.3) is 0 Å². The summed E-state index contributed by atoms with van der Waals surface area (Å²) in [6, 6.07) is 1.18. The van der Waals surface area contributed by atoms with Gasteiger partial charge in [-0.25, -0.2) is 17.9 Å². The minimum absolute atomic E-state index is 0.0851. The van der Waals surface area contributed by atoms with Gasteiger partial charge < -0.3 is 9.26 Å². The third-order valence-corrected chi connectivity index (χ3v) is 7.95. The van der Waals surface area contributed by atoms with Crippen LogP contribution in [0.3, 0.4) is 0 Å². The zero-order valence-corrected chi connectivity index (χ0v) is 18.7. The van der Waals surface area contributed by atoms with Crippen molar-refractivity contribution >= 4 is 27.7 Å². The molecule has 32 heavy (non-hydrogen) atoms. The monoisotopic (exact) mass is 461 g/mol. The van der Waals surface area contributed by atoms with Crippen LogP contribution in [-0.4, -0.2) is 71.2 Å². The van der Waals surface area contributed by atoms with Gasteiger partial charge >= 0.3 is 11.9 Å². The van der Waals surface area contributed by atoms with Crippen LogP contribution < -0.4 is 4.72 Å². The number of aromatic nitrogens is 1. The number of rotatable bonds is 7. The van der Waals surface area contributed by atoms with E-state index in [0.29, 0.717) is 36.9 Å². The fourth-order valence-corrected chi connectivity index (χ4v) is 5.61. The molecule has 2 fully saturated rings. The van der Waals surface area contributed by atoms with Crippen LogP contribution in [0.25, 0.3) is 0 Å². The summed E-state index contributed by atoms with van der Waals surface area (Å²) in [5.41, 5.74) is 0.827. The molecule has 0 bridgehead atoms. The molecule has 1 N–H and O–H groups in total. The molecule has 1 atom stereocenters. The fraction of sp³-hybridized carbons (Fsp3) is 0.524. The van der Waals surface area contributed by atoms with Gasteiger partial charge in [0.2, 0.25) is 10.0 Å². The lowest BCUT2D eigenvalue weighted by atomic mass is 9.98. The van der Waals surface area contributed by atoms with Crippen molar-refractivity contribution in [2.75, 3.05) is 19.8 Å². The average Bonchev–Trinajstić information content (AvgIpc) is 3.27. The number of sulfonamides is 1. The Morgan fingerprint density at radius 3 is 2.66 bits per heavy atom. The molecular weight excluding hydrogens is 436 g/mol. The highest BCUT2D eigenvalue weighted by Gasteiger charge is 2.48. The lowest BCUT2D eigenvalue weighted by Crippen LogP contribution is -2.54.